The van der Waals surface area contributed by atoms with E-state index in [4.69, 9.17) is 0 Å². The summed E-state index contributed by atoms with van der Waals surface area (Å²) in [6, 6.07) is 5.92. The fourth-order valence-electron chi connectivity index (χ4n) is 6.31. The highest BCUT2D eigenvalue weighted by Crippen LogP contribution is 2.60. The van der Waals surface area contributed by atoms with E-state index in [1.54, 1.807) is 12.1 Å². The molecule has 1 aromatic carbocycles. The molecule has 0 unspecified atom stereocenters. The number of hydrogen-bond acceptors (Lipinski definition) is 3. The van der Waals surface area contributed by atoms with Crippen LogP contribution in [-0.4, -0.2) is 32.7 Å². The van der Waals surface area contributed by atoms with Gasteiger partial charge in [0.05, 0.1) is 4.90 Å². The van der Waals surface area contributed by atoms with Gasteiger partial charge in [-0.25, -0.2) is 8.42 Å². The van der Waals surface area contributed by atoms with Crippen molar-refractivity contribution < 1.29 is 17.2 Å². The topological polar surface area (TPSA) is 37.4 Å². The first-order chi connectivity index (χ1) is 12.3. The summed E-state index contributed by atoms with van der Waals surface area (Å²) >= 11 is 0. The summed E-state index contributed by atoms with van der Waals surface area (Å²) in [5.41, 5.74) is 1.42. The van der Waals surface area contributed by atoms with Gasteiger partial charge in [-0.15, -0.1) is 0 Å². The van der Waals surface area contributed by atoms with Crippen LogP contribution in [0, 0.1) is 23.2 Å². The highest BCUT2D eigenvalue weighted by Gasteiger charge is 2.50. The average molecular weight is 384 g/mol. The smallest absolute Gasteiger partial charge is 0.302 e. The van der Waals surface area contributed by atoms with Gasteiger partial charge in [0, 0.05) is 13.1 Å². The maximum Gasteiger partial charge on any atom is 0.341 e. The first-order valence-electron chi connectivity index (χ1n) is 9.55. The second-order valence-electron chi connectivity index (χ2n) is 9.04. The van der Waals surface area contributed by atoms with E-state index in [-0.39, 0.29) is 4.90 Å². The molecule has 4 aliphatic carbocycles. The molecule has 0 N–H and O–H groups in total. The van der Waals surface area contributed by atoms with Crippen molar-refractivity contribution in [2.45, 2.75) is 55.7 Å². The van der Waals surface area contributed by atoms with Crippen molar-refractivity contribution in [3.63, 3.8) is 0 Å². The molecule has 0 heterocycles. The van der Waals surface area contributed by atoms with E-state index in [0.29, 0.717) is 5.41 Å². The van der Waals surface area contributed by atoms with E-state index in [2.05, 4.69) is 11.9 Å². The monoisotopic (exact) mass is 383 g/mol. The van der Waals surface area contributed by atoms with Crippen molar-refractivity contribution >= 4 is 9.84 Å². The largest absolute Gasteiger partial charge is 0.341 e. The van der Waals surface area contributed by atoms with Crippen LogP contribution in [0.5, 0.6) is 0 Å². The summed E-state index contributed by atoms with van der Waals surface area (Å²) in [6.07, 6.45) is 8.37. The normalized spacial score (nSPS) is 33.3. The molecule has 4 aliphatic rings. The summed E-state index contributed by atoms with van der Waals surface area (Å²) in [7, 11) is -2.39. The van der Waals surface area contributed by atoms with Crippen molar-refractivity contribution in [3.05, 3.63) is 29.8 Å². The maximum absolute atomic E-state index is 12.6. The van der Waals surface area contributed by atoms with Gasteiger partial charge >= 0.3 is 5.76 Å². The Morgan fingerprint density at radius 2 is 1.54 bits per heavy atom. The van der Waals surface area contributed by atoms with Crippen LogP contribution in [-0.2, 0) is 16.4 Å². The summed E-state index contributed by atoms with van der Waals surface area (Å²) < 4.78 is 48.3. The van der Waals surface area contributed by atoms with Gasteiger partial charge in [0.1, 0.15) is 0 Å². The molecule has 0 saturated heterocycles. The molecule has 0 amide bonds. The second kappa shape index (κ2) is 6.55. The standard InChI is InChI=1S/C20H27F2NO2S/c1-23(12-14-2-4-18(5-3-14)26(24,25)19(21)22)13-20-9-15-6-16(10-20)8-17(7-15)11-20/h2-5,15-17,19H,6-13H2,1H3. The minimum Gasteiger partial charge on any atom is -0.302 e. The molecule has 0 aromatic heterocycles. The molecule has 26 heavy (non-hydrogen) atoms. The van der Waals surface area contributed by atoms with Gasteiger partial charge in [-0.2, -0.15) is 8.78 Å². The van der Waals surface area contributed by atoms with Crippen molar-refractivity contribution in [2.24, 2.45) is 23.2 Å². The quantitative estimate of drug-likeness (QED) is 0.734. The van der Waals surface area contributed by atoms with Gasteiger partial charge in [-0.3, -0.25) is 0 Å². The molecular weight excluding hydrogens is 356 g/mol. The van der Waals surface area contributed by atoms with Crippen LogP contribution in [0.2, 0.25) is 0 Å². The molecule has 0 atom stereocenters. The van der Waals surface area contributed by atoms with E-state index in [0.717, 1.165) is 36.4 Å². The minimum absolute atomic E-state index is 0.306. The van der Waals surface area contributed by atoms with Crippen LogP contribution in [0.4, 0.5) is 8.78 Å². The SMILES string of the molecule is CN(Cc1ccc(S(=O)(=O)C(F)F)cc1)CC12CC3CC(CC(C3)C1)C2. The molecule has 4 bridgehead atoms. The van der Waals surface area contributed by atoms with Crippen molar-refractivity contribution in [2.75, 3.05) is 13.6 Å². The van der Waals surface area contributed by atoms with Gasteiger partial charge in [-0.05, 0) is 86.4 Å². The molecule has 4 saturated carbocycles. The predicted octanol–water partition coefficient (Wildman–Crippen LogP) is 4.33. The van der Waals surface area contributed by atoms with E-state index >= 15 is 0 Å². The van der Waals surface area contributed by atoms with Crippen LogP contribution < -0.4 is 0 Å². The lowest BCUT2D eigenvalue weighted by Crippen LogP contribution is -2.50. The summed E-state index contributed by atoms with van der Waals surface area (Å²) in [5, 5.41) is 0. The Morgan fingerprint density at radius 3 is 2.00 bits per heavy atom. The highest BCUT2D eigenvalue weighted by molar-refractivity contribution is 7.91. The van der Waals surface area contributed by atoms with Crippen molar-refractivity contribution in [3.8, 4) is 0 Å². The Labute approximate surface area is 154 Å². The molecular formula is C20H27F2NO2S. The van der Waals surface area contributed by atoms with Crippen LogP contribution in [0.3, 0.4) is 0 Å². The van der Waals surface area contributed by atoms with E-state index < -0.39 is 15.6 Å². The van der Waals surface area contributed by atoms with Crippen LogP contribution in [0.1, 0.15) is 44.1 Å². The summed E-state index contributed by atoms with van der Waals surface area (Å²) in [4.78, 5) is 2.02. The number of hydrogen-bond donors (Lipinski definition) is 0. The Balaban J connectivity index is 1.40. The van der Waals surface area contributed by atoms with Crippen LogP contribution in [0.15, 0.2) is 29.2 Å². The molecule has 4 fully saturated rings. The first-order valence-corrected chi connectivity index (χ1v) is 11.1. The Kier molecular flexibility index (Phi) is 4.63. The fraction of sp³-hybridized carbons (Fsp3) is 0.700. The van der Waals surface area contributed by atoms with E-state index in [1.807, 2.05) is 0 Å². The summed E-state index contributed by atoms with van der Waals surface area (Å²) in [5.74, 6) is -0.595. The molecule has 144 valence electrons. The number of halogens is 2. The zero-order chi connectivity index (χ0) is 18.5. The first kappa shape index (κ1) is 18.4. The molecule has 0 spiro atoms. The lowest BCUT2D eigenvalue weighted by atomic mass is 9.49. The van der Waals surface area contributed by atoms with Gasteiger partial charge in [0.2, 0.25) is 9.84 Å². The third-order valence-corrected chi connectivity index (χ3v) is 8.11. The molecule has 5 rings (SSSR count). The zero-order valence-corrected chi connectivity index (χ0v) is 16.0. The number of nitrogens with zero attached hydrogens (tertiary/aromatic N) is 1. The third-order valence-electron chi connectivity index (χ3n) is 6.71. The van der Waals surface area contributed by atoms with Crippen LogP contribution in [0.25, 0.3) is 0 Å². The van der Waals surface area contributed by atoms with Crippen molar-refractivity contribution in [1.82, 2.24) is 4.90 Å². The molecule has 3 nitrogen and oxygen atoms in total. The van der Waals surface area contributed by atoms with E-state index in [9.17, 15) is 17.2 Å². The number of rotatable bonds is 6. The van der Waals surface area contributed by atoms with Crippen LogP contribution >= 0.6 is 0 Å². The van der Waals surface area contributed by atoms with Gasteiger partial charge in [0.25, 0.3) is 0 Å². The van der Waals surface area contributed by atoms with E-state index in [1.165, 1.54) is 50.7 Å². The maximum atomic E-state index is 12.6. The molecule has 1 aromatic rings. The van der Waals surface area contributed by atoms with Gasteiger partial charge in [0.15, 0.2) is 0 Å². The Bertz CT molecular complexity index is 725. The molecule has 6 heteroatoms. The lowest BCUT2D eigenvalue weighted by Gasteiger charge is -2.57. The highest BCUT2D eigenvalue weighted by atomic mass is 32.2. The van der Waals surface area contributed by atoms with Crippen molar-refractivity contribution in [1.29, 1.82) is 0 Å². The summed E-state index contributed by atoms with van der Waals surface area (Å²) in [6.45, 7) is 1.80. The molecule has 0 aliphatic heterocycles. The number of benzene rings is 1. The zero-order valence-electron chi connectivity index (χ0n) is 15.2. The number of alkyl halides is 2. The second-order valence-corrected chi connectivity index (χ2v) is 11.0. The Hall–Kier alpha value is -1.01. The minimum atomic E-state index is -4.51. The lowest BCUT2D eigenvalue weighted by molar-refractivity contribution is -0.0670. The Morgan fingerprint density at radius 1 is 1.04 bits per heavy atom. The predicted molar refractivity (Wildman–Crippen MR) is 96.6 cm³/mol. The molecule has 0 radical (unpaired) electrons. The fourth-order valence-corrected chi connectivity index (χ4v) is 7.03. The van der Waals surface area contributed by atoms with Gasteiger partial charge < -0.3 is 4.90 Å². The number of sulfone groups is 1. The van der Waals surface area contributed by atoms with Gasteiger partial charge in [-0.1, -0.05) is 12.1 Å². The average Bonchev–Trinajstić information content (AvgIpc) is 2.53. The third kappa shape index (κ3) is 3.42.